The molecule has 3 aliphatic heterocycles. The van der Waals surface area contributed by atoms with Crippen LogP contribution in [0.5, 0.6) is 0 Å². The summed E-state index contributed by atoms with van der Waals surface area (Å²) >= 11 is 0. The van der Waals surface area contributed by atoms with E-state index < -0.39 is 36.7 Å². The number of rotatable bonds is 3. The molecule has 4 N–H and O–H groups in total. The van der Waals surface area contributed by atoms with Crippen molar-refractivity contribution >= 4 is 24.3 Å². The molecule has 1 unspecified atom stereocenters. The van der Waals surface area contributed by atoms with E-state index in [0.29, 0.717) is 5.84 Å². The molecule has 136 valence electrons. The molecule has 0 aromatic heterocycles. The molecular weight excluding hydrogens is 326 g/mol. The van der Waals surface area contributed by atoms with Gasteiger partial charge < -0.3 is 20.1 Å². The predicted octanol–water partition coefficient (Wildman–Crippen LogP) is -0.494. The highest BCUT2D eigenvalue weighted by molar-refractivity contribution is 6.24. The average Bonchev–Trinajstić information content (AvgIpc) is 3.16. The third kappa shape index (κ3) is 2.37. The molecule has 25 heavy (non-hydrogen) atoms. The van der Waals surface area contributed by atoms with Crippen molar-refractivity contribution in [2.75, 3.05) is 6.61 Å². The molecule has 9 nitrogen and oxygen atoms in total. The molecule has 0 bridgehead atoms. The second-order valence-corrected chi connectivity index (χ2v) is 7.03. The van der Waals surface area contributed by atoms with E-state index in [1.807, 2.05) is 0 Å². The van der Waals surface area contributed by atoms with Crippen molar-refractivity contribution in [2.24, 2.45) is 20.9 Å². The van der Waals surface area contributed by atoms with Gasteiger partial charge in [0, 0.05) is 0 Å². The number of ether oxygens (including phenoxy) is 1. The highest BCUT2D eigenvalue weighted by atomic mass is 16.6. The first-order valence-electron chi connectivity index (χ1n) is 8.75. The van der Waals surface area contributed by atoms with Gasteiger partial charge >= 0.3 is 0 Å². The number of hydrogen-bond donors (Lipinski definition) is 4. The van der Waals surface area contributed by atoms with E-state index in [4.69, 9.17) is 10.1 Å². The van der Waals surface area contributed by atoms with Crippen molar-refractivity contribution in [1.29, 1.82) is 5.41 Å². The fourth-order valence-electron chi connectivity index (χ4n) is 4.33. The number of nitrogens with zero attached hydrogens (tertiary/aromatic N) is 4. The van der Waals surface area contributed by atoms with E-state index in [2.05, 4.69) is 15.0 Å². The highest BCUT2D eigenvalue weighted by Gasteiger charge is 2.57. The second-order valence-electron chi connectivity index (χ2n) is 7.03. The summed E-state index contributed by atoms with van der Waals surface area (Å²) in [5.74, 6) is 0.785. The minimum atomic E-state index is -1.21. The molecule has 5 atom stereocenters. The summed E-state index contributed by atoms with van der Waals surface area (Å²) in [6.45, 7) is -0.392. The van der Waals surface area contributed by atoms with Gasteiger partial charge in [-0.1, -0.05) is 19.3 Å². The van der Waals surface area contributed by atoms with Crippen LogP contribution >= 0.6 is 0 Å². The Labute approximate surface area is 145 Å². The topological polar surface area (TPSA) is 134 Å². The Morgan fingerprint density at radius 2 is 2.00 bits per heavy atom. The molecule has 9 heteroatoms. The van der Waals surface area contributed by atoms with Crippen LogP contribution in [0.3, 0.4) is 0 Å². The van der Waals surface area contributed by atoms with E-state index >= 15 is 0 Å². The first-order chi connectivity index (χ1) is 12.1. The summed E-state index contributed by atoms with van der Waals surface area (Å²) in [6, 6.07) is 0. The van der Waals surface area contributed by atoms with Crippen LogP contribution in [0.1, 0.15) is 32.1 Å². The van der Waals surface area contributed by atoms with Gasteiger partial charge in [0.1, 0.15) is 30.5 Å². The third-order valence-corrected chi connectivity index (χ3v) is 5.69. The van der Waals surface area contributed by atoms with Gasteiger partial charge in [-0.3, -0.25) is 15.3 Å². The van der Waals surface area contributed by atoms with Crippen LogP contribution in [0.15, 0.2) is 15.0 Å². The van der Waals surface area contributed by atoms with Crippen molar-refractivity contribution in [2.45, 2.75) is 62.2 Å². The Morgan fingerprint density at radius 1 is 1.24 bits per heavy atom. The van der Waals surface area contributed by atoms with Gasteiger partial charge in [-0.15, -0.1) is 0 Å². The van der Waals surface area contributed by atoms with Gasteiger partial charge in [-0.2, -0.15) is 0 Å². The zero-order valence-corrected chi connectivity index (χ0v) is 13.8. The molecule has 1 saturated carbocycles. The van der Waals surface area contributed by atoms with E-state index in [1.54, 1.807) is 4.90 Å². The fourth-order valence-corrected chi connectivity index (χ4v) is 4.33. The lowest BCUT2D eigenvalue weighted by molar-refractivity contribution is -0.0513. The van der Waals surface area contributed by atoms with Gasteiger partial charge in [0.25, 0.3) is 0 Å². The summed E-state index contributed by atoms with van der Waals surface area (Å²) in [4.78, 5) is 14.7. The molecule has 0 aromatic carbocycles. The molecule has 0 aromatic rings. The summed E-state index contributed by atoms with van der Waals surface area (Å²) in [7, 11) is 0. The smallest absolute Gasteiger partial charge is 0.181 e. The van der Waals surface area contributed by atoms with Crippen molar-refractivity contribution < 1.29 is 20.1 Å². The molecular formula is C16H23N5O4. The van der Waals surface area contributed by atoms with Crippen LogP contribution in [0.25, 0.3) is 0 Å². The maximum Gasteiger partial charge on any atom is 0.181 e. The number of nitrogens with one attached hydrogen (secondary N) is 1. The summed E-state index contributed by atoms with van der Waals surface area (Å²) in [5, 5.41) is 38.1. The van der Waals surface area contributed by atoms with Crippen LogP contribution in [0, 0.1) is 11.3 Å². The highest BCUT2D eigenvalue weighted by Crippen LogP contribution is 2.42. The monoisotopic (exact) mass is 349 g/mol. The Hall–Kier alpha value is -1.68. The quantitative estimate of drug-likeness (QED) is 0.545. The summed E-state index contributed by atoms with van der Waals surface area (Å²) < 4.78 is 5.62. The van der Waals surface area contributed by atoms with E-state index in [9.17, 15) is 15.3 Å². The second kappa shape index (κ2) is 6.24. The molecule has 1 aliphatic carbocycles. The predicted molar refractivity (Wildman–Crippen MR) is 91.1 cm³/mol. The normalized spacial score (nSPS) is 41.3. The summed E-state index contributed by atoms with van der Waals surface area (Å²) in [5.41, 5.74) is -0.944. The largest absolute Gasteiger partial charge is 0.394 e. The Morgan fingerprint density at radius 3 is 2.68 bits per heavy atom. The van der Waals surface area contributed by atoms with Crippen LogP contribution in [-0.4, -0.2) is 81.3 Å². The Bertz CT molecular complexity index is 644. The maximum atomic E-state index is 10.3. The van der Waals surface area contributed by atoms with Crippen molar-refractivity contribution in [3.05, 3.63) is 0 Å². The van der Waals surface area contributed by atoms with Gasteiger partial charge in [-0.25, -0.2) is 9.98 Å². The van der Waals surface area contributed by atoms with Crippen molar-refractivity contribution in [3.8, 4) is 0 Å². The third-order valence-electron chi connectivity index (χ3n) is 5.69. The Kier molecular flexibility index (Phi) is 4.19. The molecule has 3 heterocycles. The van der Waals surface area contributed by atoms with Crippen molar-refractivity contribution in [1.82, 2.24) is 4.90 Å². The molecule has 4 aliphatic rings. The molecule has 4 rings (SSSR count). The lowest BCUT2D eigenvalue weighted by Gasteiger charge is -2.39. The molecule has 2 fully saturated rings. The number of aliphatic hydroxyl groups is 3. The zero-order valence-electron chi connectivity index (χ0n) is 13.8. The van der Waals surface area contributed by atoms with Crippen molar-refractivity contribution in [3.63, 3.8) is 0 Å². The van der Waals surface area contributed by atoms with Crippen LogP contribution in [-0.2, 0) is 4.74 Å². The van der Waals surface area contributed by atoms with Crippen LogP contribution in [0.2, 0.25) is 0 Å². The zero-order chi connectivity index (χ0) is 17.6. The minimum Gasteiger partial charge on any atom is -0.394 e. The van der Waals surface area contributed by atoms with Crippen LogP contribution in [0.4, 0.5) is 0 Å². The standard InChI is InChI=1S/C16H23N5O4/c17-14-16(9-4-2-1-3-5-9)15(19-7-18-14)21(8-20-16)13-12(24)11(23)10(6-22)25-13/h7-13,17,22-24H,1-6H2/t10-,11-,12-,13-,16?/m1/s1. The summed E-state index contributed by atoms with van der Waals surface area (Å²) in [6.07, 6.45) is 3.91. The van der Waals surface area contributed by atoms with Gasteiger partial charge in [0.2, 0.25) is 0 Å². The van der Waals surface area contributed by atoms with Crippen LogP contribution < -0.4 is 0 Å². The maximum absolute atomic E-state index is 10.3. The van der Waals surface area contributed by atoms with Gasteiger partial charge in [0.05, 0.1) is 12.9 Å². The first-order valence-corrected chi connectivity index (χ1v) is 8.75. The fraction of sp³-hybridized carbons (Fsp3) is 0.750. The molecule has 0 amide bonds. The number of fused-ring (bicyclic) bond motifs is 1. The molecule has 0 radical (unpaired) electrons. The number of hydrogen-bond acceptors (Lipinski definition) is 8. The Balaban J connectivity index is 1.67. The lowest BCUT2D eigenvalue weighted by Crippen LogP contribution is -2.57. The van der Waals surface area contributed by atoms with Gasteiger partial charge in [-0.05, 0) is 18.8 Å². The van der Waals surface area contributed by atoms with E-state index in [0.717, 1.165) is 25.7 Å². The lowest BCUT2D eigenvalue weighted by atomic mass is 9.73. The SMILES string of the molecule is N=C1N=CN=C2N([C@@H]3O[C@H](CO)[C@@H](O)[C@H]3O)C=NC12C1CCCCC1. The first kappa shape index (κ1) is 16.8. The van der Waals surface area contributed by atoms with Gasteiger partial charge in [0.15, 0.2) is 17.6 Å². The average molecular weight is 349 g/mol. The number of aliphatic hydroxyl groups excluding tert-OH is 3. The number of amidine groups is 2. The van der Waals surface area contributed by atoms with E-state index in [1.165, 1.54) is 19.1 Å². The molecule has 0 spiro atoms. The minimum absolute atomic E-state index is 0.128. The number of aliphatic imine (C=N–C) groups is 3. The molecule has 1 saturated heterocycles. The van der Waals surface area contributed by atoms with E-state index in [-0.39, 0.29) is 11.8 Å².